The van der Waals surface area contributed by atoms with Gasteiger partial charge in [-0.05, 0) is 30.3 Å². The molecule has 0 spiro atoms. The summed E-state index contributed by atoms with van der Waals surface area (Å²) in [5.74, 6) is 1.29. The third-order valence-electron chi connectivity index (χ3n) is 6.88. The molecule has 0 saturated carbocycles. The second kappa shape index (κ2) is 9.88. The fraction of sp³-hybridized carbons (Fsp3) is 0.308. The molecular formula is C26H26ClN7O3S. The summed E-state index contributed by atoms with van der Waals surface area (Å²) in [6, 6.07) is 15.5. The fourth-order valence-corrected chi connectivity index (χ4v) is 5.81. The SMILES string of the molecule is Cn1c(=O)c2c(nc(N3CCN(c4cccc(Cl)c4)CC3)n2CCSc2nc3ccccc3o2)n(C)c1=O. The summed E-state index contributed by atoms with van der Waals surface area (Å²) in [6.07, 6.45) is 0. The molecule has 0 N–H and O–H groups in total. The molecule has 196 valence electrons. The third kappa shape index (κ3) is 4.35. The zero-order valence-corrected chi connectivity index (χ0v) is 22.6. The first kappa shape index (κ1) is 24.6. The second-order valence-electron chi connectivity index (χ2n) is 9.19. The molecule has 0 atom stereocenters. The number of benzene rings is 2. The van der Waals surface area contributed by atoms with Gasteiger partial charge in [0, 0.05) is 63.3 Å². The van der Waals surface area contributed by atoms with Crippen molar-refractivity contribution >= 4 is 57.3 Å². The summed E-state index contributed by atoms with van der Waals surface area (Å²) in [4.78, 5) is 39.7. The highest BCUT2D eigenvalue weighted by molar-refractivity contribution is 7.99. The molecular weight excluding hydrogens is 526 g/mol. The number of thioether (sulfide) groups is 1. The third-order valence-corrected chi connectivity index (χ3v) is 7.92. The van der Waals surface area contributed by atoms with Crippen LogP contribution in [-0.4, -0.2) is 55.6 Å². The lowest BCUT2D eigenvalue weighted by atomic mass is 10.2. The van der Waals surface area contributed by atoms with E-state index in [0.717, 1.165) is 34.4 Å². The largest absolute Gasteiger partial charge is 0.431 e. The van der Waals surface area contributed by atoms with Gasteiger partial charge in [-0.25, -0.2) is 9.78 Å². The molecule has 38 heavy (non-hydrogen) atoms. The molecule has 0 unspecified atom stereocenters. The number of aryl methyl sites for hydroxylation is 2. The van der Waals surface area contributed by atoms with Gasteiger partial charge in [0.15, 0.2) is 16.7 Å². The van der Waals surface area contributed by atoms with E-state index in [1.165, 1.54) is 23.4 Å². The van der Waals surface area contributed by atoms with E-state index in [-0.39, 0.29) is 5.56 Å². The van der Waals surface area contributed by atoms with Gasteiger partial charge in [0.2, 0.25) is 5.95 Å². The molecule has 1 saturated heterocycles. The average Bonchev–Trinajstić information content (AvgIpc) is 3.52. The first-order valence-corrected chi connectivity index (χ1v) is 13.7. The number of hydrogen-bond donors (Lipinski definition) is 0. The Bertz CT molecular complexity index is 1730. The fourth-order valence-electron chi connectivity index (χ4n) is 4.86. The Labute approximate surface area is 227 Å². The maximum absolute atomic E-state index is 13.2. The van der Waals surface area contributed by atoms with Gasteiger partial charge in [0.05, 0.1) is 0 Å². The van der Waals surface area contributed by atoms with Crippen LogP contribution in [0.25, 0.3) is 22.3 Å². The van der Waals surface area contributed by atoms with E-state index in [1.807, 2.05) is 47.0 Å². The Morgan fingerprint density at radius 1 is 0.947 bits per heavy atom. The van der Waals surface area contributed by atoms with Crippen LogP contribution >= 0.6 is 23.4 Å². The number of hydrogen-bond acceptors (Lipinski definition) is 8. The molecule has 0 radical (unpaired) electrons. The van der Waals surface area contributed by atoms with E-state index in [9.17, 15) is 9.59 Å². The number of anilines is 2. The molecule has 1 aliphatic heterocycles. The number of imidazole rings is 1. The lowest BCUT2D eigenvalue weighted by molar-refractivity contribution is 0.489. The molecule has 10 nitrogen and oxygen atoms in total. The van der Waals surface area contributed by atoms with Crippen molar-refractivity contribution in [1.82, 2.24) is 23.7 Å². The van der Waals surface area contributed by atoms with Crippen molar-refractivity contribution in [2.45, 2.75) is 11.8 Å². The van der Waals surface area contributed by atoms with E-state index in [4.69, 9.17) is 21.0 Å². The lowest BCUT2D eigenvalue weighted by Gasteiger charge is -2.36. The van der Waals surface area contributed by atoms with Gasteiger partial charge in [-0.1, -0.05) is 41.6 Å². The van der Waals surface area contributed by atoms with E-state index >= 15 is 0 Å². The van der Waals surface area contributed by atoms with Crippen LogP contribution in [0.3, 0.4) is 0 Å². The van der Waals surface area contributed by atoms with Crippen LogP contribution < -0.4 is 21.0 Å². The summed E-state index contributed by atoms with van der Waals surface area (Å²) in [7, 11) is 3.15. The highest BCUT2D eigenvalue weighted by Gasteiger charge is 2.26. The second-order valence-corrected chi connectivity index (χ2v) is 10.7. The summed E-state index contributed by atoms with van der Waals surface area (Å²) in [6.45, 7) is 3.47. The molecule has 1 fully saturated rings. The Kier molecular flexibility index (Phi) is 6.40. The van der Waals surface area contributed by atoms with Crippen LogP contribution in [0, 0.1) is 0 Å². The smallest absolute Gasteiger partial charge is 0.332 e. The Morgan fingerprint density at radius 2 is 1.71 bits per heavy atom. The molecule has 1 aliphatic rings. The molecule has 12 heteroatoms. The highest BCUT2D eigenvalue weighted by atomic mass is 35.5. The quantitative estimate of drug-likeness (QED) is 0.297. The van der Waals surface area contributed by atoms with Crippen molar-refractivity contribution in [3.63, 3.8) is 0 Å². The first-order valence-electron chi connectivity index (χ1n) is 12.3. The number of nitrogens with zero attached hydrogens (tertiary/aromatic N) is 7. The predicted molar refractivity (Wildman–Crippen MR) is 151 cm³/mol. The monoisotopic (exact) mass is 551 g/mol. The van der Waals surface area contributed by atoms with E-state index in [1.54, 1.807) is 7.05 Å². The molecule has 3 aromatic heterocycles. The Balaban J connectivity index is 1.30. The van der Waals surface area contributed by atoms with Crippen LogP contribution in [0.4, 0.5) is 11.6 Å². The number of para-hydroxylation sites is 2. The predicted octanol–water partition coefficient (Wildman–Crippen LogP) is 3.35. The van der Waals surface area contributed by atoms with Gasteiger partial charge >= 0.3 is 5.69 Å². The van der Waals surface area contributed by atoms with Gasteiger partial charge in [-0.2, -0.15) is 4.98 Å². The molecule has 6 rings (SSSR count). The topological polar surface area (TPSA) is 94.3 Å². The van der Waals surface area contributed by atoms with E-state index < -0.39 is 5.69 Å². The van der Waals surface area contributed by atoms with Crippen molar-refractivity contribution in [2.75, 3.05) is 41.7 Å². The van der Waals surface area contributed by atoms with Crippen LogP contribution in [0.1, 0.15) is 0 Å². The van der Waals surface area contributed by atoms with E-state index in [0.29, 0.717) is 52.7 Å². The number of halogens is 1. The Morgan fingerprint density at radius 3 is 2.47 bits per heavy atom. The maximum Gasteiger partial charge on any atom is 0.332 e. The van der Waals surface area contributed by atoms with Gasteiger partial charge in [-0.15, -0.1) is 0 Å². The minimum atomic E-state index is -0.398. The first-order chi connectivity index (χ1) is 18.4. The van der Waals surface area contributed by atoms with Crippen molar-refractivity contribution in [1.29, 1.82) is 0 Å². The maximum atomic E-state index is 13.2. The standard InChI is InChI=1S/C26H26ClN7O3S/c1-30-22-21(23(35)31(2)26(30)36)34(14-15-38-25-28-19-8-3-4-9-20(19)37-25)24(29-22)33-12-10-32(11-13-33)18-7-5-6-17(27)16-18/h3-9,16H,10-15H2,1-2H3. The number of fused-ring (bicyclic) bond motifs is 2. The van der Waals surface area contributed by atoms with Gasteiger partial charge in [0.25, 0.3) is 10.8 Å². The van der Waals surface area contributed by atoms with Gasteiger partial charge in [-0.3, -0.25) is 13.9 Å². The normalized spacial score (nSPS) is 14.2. The van der Waals surface area contributed by atoms with Gasteiger partial charge < -0.3 is 18.8 Å². The van der Waals surface area contributed by atoms with Crippen molar-refractivity contribution < 1.29 is 4.42 Å². The van der Waals surface area contributed by atoms with Crippen molar-refractivity contribution in [3.8, 4) is 0 Å². The zero-order valence-electron chi connectivity index (χ0n) is 21.0. The van der Waals surface area contributed by atoms with Gasteiger partial charge in [0.1, 0.15) is 5.52 Å². The summed E-state index contributed by atoms with van der Waals surface area (Å²) in [5.41, 5.74) is 2.68. The van der Waals surface area contributed by atoms with Crippen molar-refractivity contribution in [2.24, 2.45) is 14.1 Å². The van der Waals surface area contributed by atoms with Crippen LogP contribution in [-0.2, 0) is 20.6 Å². The minimum absolute atomic E-state index is 0.355. The number of piperazine rings is 1. The number of oxazole rings is 1. The molecule has 5 aromatic rings. The summed E-state index contributed by atoms with van der Waals surface area (Å²) in [5, 5.41) is 1.28. The highest BCUT2D eigenvalue weighted by Crippen LogP contribution is 2.27. The molecule has 2 aromatic carbocycles. The molecule has 0 aliphatic carbocycles. The zero-order chi connectivity index (χ0) is 26.4. The van der Waals surface area contributed by atoms with Crippen LogP contribution in [0.2, 0.25) is 5.02 Å². The van der Waals surface area contributed by atoms with Crippen LogP contribution in [0.15, 0.2) is 67.8 Å². The number of rotatable bonds is 6. The van der Waals surface area contributed by atoms with Crippen LogP contribution in [0.5, 0.6) is 0 Å². The summed E-state index contributed by atoms with van der Waals surface area (Å²) >= 11 is 7.68. The molecule has 0 amide bonds. The molecule has 0 bridgehead atoms. The Hall–Kier alpha value is -3.70. The lowest BCUT2D eigenvalue weighted by Crippen LogP contribution is -2.47. The van der Waals surface area contributed by atoms with E-state index in [2.05, 4.69) is 20.9 Å². The molecule has 4 heterocycles. The number of aromatic nitrogens is 5. The average molecular weight is 552 g/mol. The van der Waals surface area contributed by atoms with Crippen molar-refractivity contribution in [3.05, 3.63) is 74.4 Å². The summed E-state index contributed by atoms with van der Waals surface area (Å²) < 4.78 is 10.4. The minimum Gasteiger partial charge on any atom is -0.431 e.